The Bertz CT molecular complexity index is 935. The van der Waals surface area contributed by atoms with Crippen LogP contribution in [0.4, 0.5) is 0 Å². The number of benzene rings is 2. The van der Waals surface area contributed by atoms with Crippen molar-refractivity contribution in [3.63, 3.8) is 0 Å². The van der Waals surface area contributed by atoms with Crippen LogP contribution >= 0.6 is 40.2 Å². The van der Waals surface area contributed by atoms with Crippen LogP contribution in [0.2, 0.25) is 10.0 Å². The number of aromatic nitrogens is 1. The zero-order valence-corrected chi connectivity index (χ0v) is 17.0. The lowest BCUT2D eigenvalue weighted by molar-refractivity contribution is 0.0972. The molecular formula is C20H17BrCl2N2O. The van der Waals surface area contributed by atoms with E-state index in [2.05, 4.69) is 4.99 Å². The molecule has 0 atom stereocenters. The Morgan fingerprint density at radius 2 is 1.62 bits per heavy atom. The molecular weight excluding hydrogens is 435 g/mol. The van der Waals surface area contributed by atoms with Crippen molar-refractivity contribution >= 4 is 46.0 Å². The Morgan fingerprint density at radius 3 is 2.27 bits per heavy atom. The van der Waals surface area contributed by atoms with E-state index in [9.17, 15) is 4.79 Å². The first-order chi connectivity index (χ1) is 12.1. The number of nitrogens with zero attached hydrogens (tertiary/aromatic N) is 2. The molecule has 0 radical (unpaired) electrons. The third kappa shape index (κ3) is 5.56. The van der Waals surface area contributed by atoms with Gasteiger partial charge < -0.3 is 4.57 Å². The molecule has 0 saturated heterocycles. The second kappa shape index (κ2) is 9.72. The summed E-state index contributed by atoms with van der Waals surface area (Å²) >= 11 is 11.8. The van der Waals surface area contributed by atoms with Crippen LogP contribution in [-0.2, 0) is 13.1 Å². The number of pyridine rings is 1. The number of carbonyl (C=O) groups is 1. The van der Waals surface area contributed by atoms with E-state index in [1.807, 2.05) is 59.4 Å². The van der Waals surface area contributed by atoms with Crippen LogP contribution in [0.5, 0.6) is 0 Å². The molecule has 0 bridgehead atoms. The molecule has 0 unspecified atom stereocenters. The van der Waals surface area contributed by atoms with Crippen LogP contribution in [0.25, 0.3) is 0 Å². The molecule has 3 nitrogen and oxygen atoms in total. The SMILES string of the molecule is Br.O=C(Cn1ccc(=NCc2ccccc2)cc1)c1ccc(Cl)c(Cl)c1. The van der Waals surface area contributed by atoms with Gasteiger partial charge in [0.25, 0.3) is 0 Å². The number of hydrogen-bond acceptors (Lipinski definition) is 2. The molecule has 3 rings (SSSR count). The molecule has 26 heavy (non-hydrogen) atoms. The second-order valence-corrected chi connectivity index (χ2v) is 6.40. The molecule has 3 aromatic rings. The van der Waals surface area contributed by atoms with Crippen LogP contribution in [0, 0.1) is 0 Å². The minimum Gasteiger partial charge on any atom is -0.346 e. The van der Waals surface area contributed by atoms with Gasteiger partial charge in [0, 0.05) is 18.0 Å². The average Bonchev–Trinajstić information content (AvgIpc) is 2.64. The summed E-state index contributed by atoms with van der Waals surface area (Å²) in [4.78, 5) is 16.9. The van der Waals surface area contributed by atoms with E-state index in [1.54, 1.807) is 18.2 Å². The van der Waals surface area contributed by atoms with Gasteiger partial charge in [-0.3, -0.25) is 9.79 Å². The summed E-state index contributed by atoms with van der Waals surface area (Å²) < 4.78 is 1.81. The Kier molecular flexibility index (Phi) is 7.64. The standard InChI is InChI=1S/C20H16Cl2N2O.BrH/c21-18-7-6-16(12-19(18)22)20(25)14-24-10-8-17(9-11-24)23-13-15-4-2-1-3-5-15;/h1-12H,13-14H2;1H. The number of hydrogen-bond donors (Lipinski definition) is 0. The van der Waals surface area contributed by atoms with Crippen LogP contribution in [-0.4, -0.2) is 10.4 Å². The molecule has 0 fully saturated rings. The summed E-state index contributed by atoms with van der Waals surface area (Å²) in [5, 5.41) is 1.70. The Balaban J connectivity index is 0.00000243. The van der Waals surface area contributed by atoms with Gasteiger partial charge in [-0.2, -0.15) is 0 Å². The minimum atomic E-state index is -0.0301. The Labute approximate surface area is 172 Å². The van der Waals surface area contributed by atoms with Crippen molar-refractivity contribution in [1.29, 1.82) is 0 Å². The zero-order chi connectivity index (χ0) is 17.6. The summed E-state index contributed by atoms with van der Waals surface area (Å²) in [6.45, 7) is 0.865. The first-order valence-corrected chi connectivity index (χ1v) is 8.56. The third-order valence-corrected chi connectivity index (χ3v) is 4.47. The van der Waals surface area contributed by atoms with E-state index < -0.39 is 0 Å². The predicted octanol–water partition coefficient (Wildman–Crippen LogP) is 5.36. The lowest BCUT2D eigenvalue weighted by Crippen LogP contribution is -2.12. The van der Waals surface area contributed by atoms with Gasteiger partial charge in [-0.1, -0.05) is 53.5 Å². The van der Waals surface area contributed by atoms with Gasteiger partial charge >= 0.3 is 0 Å². The molecule has 1 heterocycles. The van der Waals surface area contributed by atoms with Crippen molar-refractivity contribution < 1.29 is 4.79 Å². The van der Waals surface area contributed by atoms with E-state index in [0.29, 0.717) is 22.2 Å². The van der Waals surface area contributed by atoms with Gasteiger partial charge in [0.1, 0.15) is 0 Å². The highest BCUT2D eigenvalue weighted by molar-refractivity contribution is 8.93. The molecule has 0 N–H and O–H groups in total. The summed E-state index contributed by atoms with van der Waals surface area (Å²) in [6, 6.07) is 18.8. The first kappa shape index (κ1) is 20.4. The molecule has 2 aromatic carbocycles. The van der Waals surface area contributed by atoms with Gasteiger partial charge in [-0.25, -0.2) is 0 Å². The predicted molar refractivity (Wildman–Crippen MR) is 111 cm³/mol. The average molecular weight is 452 g/mol. The summed E-state index contributed by atoms with van der Waals surface area (Å²) in [5.74, 6) is -0.0301. The van der Waals surface area contributed by atoms with Gasteiger partial charge in [0.15, 0.2) is 5.78 Å². The Morgan fingerprint density at radius 1 is 0.923 bits per heavy atom. The van der Waals surface area contributed by atoms with E-state index in [1.165, 1.54) is 0 Å². The lowest BCUT2D eigenvalue weighted by Gasteiger charge is -2.06. The molecule has 0 aliphatic heterocycles. The number of carbonyl (C=O) groups excluding carboxylic acids is 1. The Hall–Kier alpha value is -1.88. The van der Waals surface area contributed by atoms with Gasteiger partial charge in [0.2, 0.25) is 0 Å². The van der Waals surface area contributed by atoms with Crippen molar-refractivity contribution in [2.75, 3.05) is 0 Å². The quantitative estimate of drug-likeness (QED) is 0.481. The third-order valence-electron chi connectivity index (χ3n) is 3.73. The molecule has 1 aromatic heterocycles. The van der Waals surface area contributed by atoms with E-state index in [4.69, 9.17) is 23.2 Å². The lowest BCUT2D eigenvalue weighted by atomic mass is 10.1. The monoisotopic (exact) mass is 450 g/mol. The number of rotatable bonds is 5. The van der Waals surface area contributed by atoms with Crippen molar-refractivity contribution in [2.45, 2.75) is 13.1 Å². The van der Waals surface area contributed by atoms with Gasteiger partial charge in [-0.05, 0) is 35.9 Å². The zero-order valence-electron chi connectivity index (χ0n) is 13.8. The summed E-state index contributed by atoms with van der Waals surface area (Å²) in [7, 11) is 0. The fourth-order valence-electron chi connectivity index (χ4n) is 2.35. The fourth-order valence-corrected chi connectivity index (χ4v) is 2.65. The summed E-state index contributed by atoms with van der Waals surface area (Å²) in [6.07, 6.45) is 3.69. The number of ketones is 1. The van der Waals surface area contributed by atoms with Crippen LogP contribution in [0.1, 0.15) is 15.9 Å². The van der Waals surface area contributed by atoms with Crippen molar-refractivity contribution in [2.24, 2.45) is 4.99 Å². The molecule has 0 saturated carbocycles. The summed E-state index contributed by atoms with van der Waals surface area (Å²) in [5.41, 5.74) is 1.70. The molecule has 0 aliphatic carbocycles. The highest BCUT2D eigenvalue weighted by Crippen LogP contribution is 2.22. The largest absolute Gasteiger partial charge is 0.346 e. The molecule has 134 valence electrons. The van der Waals surface area contributed by atoms with Gasteiger partial charge in [-0.15, -0.1) is 17.0 Å². The van der Waals surface area contributed by atoms with Crippen molar-refractivity contribution in [3.8, 4) is 0 Å². The topological polar surface area (TPSA) is 34.4 Å². The normalized spacial score (nSPS) is 10.1. The van der Waals surface area contributed by atoms with E-state index >= 15 is 0 Å². The molecule has 6 heteroatoms. The number of halogens is 3. The van der Waals surface area contributed by atoms with Crippen LogP contribution in [0.3, 0.4) is 0 Å². The maximum Gasteiger partial charge on any atom is 0.182 e. The molecule has 0 aliphatic rings. The maximum atomic E-state index is 12.3. The van der Waals surface area contributed by atoms with Crippen LogP contribution < -0.4 is 5.36 Å². The highest BCUT2D eigenvalue weighted by Gasteiger charge is 2.08. The van der Waals surface area contributed by atoms with E-state index in [-0.39, 0.29) is 29.3 Å². The van der Waals surface area contributed by atoms with Crippen molar-refractivity contribution in [1.82, 2.24) is 4.57 Å². The minimum absolute atomic E-state index is 0. The second-order valence-electron chi connectivity index (χ2n) is 5.58. The van der Waals surface area contributed by atoms with E-state index in [0.717, 1.165) is 10.9 Å². The van der Waals surface area contributed by atoms with Crippen molar-refractivity contribution in [3.05, 3.63) is 99.6 Å². The molecule has 0 spiro atoms. The smallest absolute Gasteiger partial charge is 0.182 e. The maximum absolute atomic E-state index is 12.3. The van der Waals surface area contributed by atoms with Gasteiger partial charge in [0.05, 0.1) is 28.5 Å². The number of Topliss-reactive ketones (excluding diaryl/α,β-unsaturated/α-hetero) is 1. The van der Waals surface area contributed by atoms with Crippen LogP contribution in [0.15, 0.2) is 78.0 Å². The highest BCUT2D eigenvalue weighted by atomic mass is 79.9. The first-order valence-electron chi connectivity index (χ1n) is 7.80. The fraction of sp³-hybridized carbons (Fsp3) is 0.100. The molecule has 0 amide bonds.